The number of hydrogen-bond acceptors (Lipinski definition) is 3. The Balaban J connectivity index is 4.16. The summed E-state index contributed by atoms with van der Waals surface area (Å²) in [7, 11) is 0. The van der Waals surface area contributed by atoms with Crippen molar-refractivity contribution < 1.29 is 20.1 Å². The number of ether oxygens (including phenoxy) is 1. The van der Waals surface area contributed by atoms with E-state index in [0.717, 1.165) is 19.4 Å². The molecule has 100 valence electrons. The molecular formula is C12H25N2O3+. The van der Waals surface area contributed by atoms with Crippen LogP contribution < -0.4 is 11.1 Å². The first-order chi connectivity index (χ1) is 7.76. The van der Waals surface area contributed by atoms with Crippen LogP contribution in [0.25, 0.3) is 0 Å². The van der Waals surface area contributed by atoms with Gasteiger partial charge in [0.05, 0.1) is 12.6 Å². The van der Waals surface area contributed by atoms with Gasteiger partial charge < -0.3 is 15.8 Å². The third-order valence-electron chi connectivity index (χ3n) is 2.17. The number of nitrogens with one attached hydrogen (secondary N) is 1. The van der Waals surface area contributed by atoms with Crippen molar-refractivity contribution in [2.45, 2.75) is 58.6 Å². The molecule has 0 aromatic rings. The third-order valence-corrected chi connectivity index (χ3v) is 2.17. The van der Waals surface area contributed by atoms with Crippen LogP contribution in [0.2, 0.25) is 0 Å². The normalized spacial score (nSPS) is 13.0. The minimum Gasteiger partial charge on any atom is -0.444 e. The Labute approximate surface area is 103 Å². The molecule has 0 heterocycles. The number of carbonyl (C=O) groups excluding carboxylic acids is 2. The molecule has 4 N–H and O–H groups in total. The highest BCUT2D eigenvalue weighted by Gasteiger charge is 2.21. The first-order valence-corrected chi connectivity index (χ1v) is 6.05. The second kappa shape index (κ2) is 7.27. The van der Waals surface area contributed by atoms with Crippen LogP contribution in [0.4, 0.5) is 4.79 Å². The SMILES string of the molecule is CC(=O)C(CCCC[NH3+])NC(=O)OC(C)(C)C. The van der Waals surface area contributed by atoms with Crippen molar-refractivity contribution in [3.8, 4) is 0 Å². The van der Waals surface area contributed by atoms with E-state index >= 15 is 0 Å². The summed E-state index contributed by atoms with van der Waals surface area (Å²) < 4.78 is 5.11. The van der Waals surface area contributed by atoms with Gasteiger partial charge >= 0.3 is 6.09 Å². The molecule has 0 radical (unpaired) electrons. The first kappa shape index (κ1) is 15.9. The summed E-state index contributed by atoms with van der Waals surface area (Å²) in [6, 6.07) is -0.448. The van der Waals surface area contributed by atoms with Gasteiger partial charge in [-0.25, -0.2) is 4.79 Å². The van der Waals surface area contributed by atoms with Crippen LogP contribution in [0.3, 0.4) is 0 Å². The summed E-state index contributed by atoms with van der Waals surface area (Å²) in [5, 5.41) is 2.60. The molecule has 1 unspecified atom stereocenters. The summed E-state index contributed by atoms with van der Waals surface area (Å²) in [6.45, 7) is 7.69. The van der Waals surface area contributed by atoms with E-state index in [9.17, 15) is 9.59 Å². The molecule has 5 heteroatoms. The average Bonchev–Trinajstić information content (AvgIpc) is 2.13. The van der Waals surface area contributed by atoms with Crippen LogP contribution in [0.5, 0.6) is 0 Å². The lowest BCUT2D eigenvalue weighted by molar-refractivity contribution is -0.368. The van der Waals surface area contributed by atoms with Crippen molar-refractivity contribution in [2.24, 2.45) is 0 Å². The predicted molar refractivity (Wildman–Crippen MR) is 65.4 cm³/mol. The Hall–Kier alpha value is -1.10. The fraction of sp³-hybridized carbons (Fsp3) is 0.833. The minimum absolute atomic E-state index is 0.0417. The molecular weight excluding hydrogens is 220 g/mol. The second-order valence-electron chi connectivity index (χ2n) is 5.16. The van der Waals surface area contributed by atoms with Gasteiger partial charge in [0.1, 0.15) is 5.60 Å². The summed E-state index contributed by atoms with van der Waals surface area (Å²) in [5.74, 6) is -0.0417. The van der Waals surface area contributed by atoms with Crippen molar-refractivity contribution in [1.82, 2.24) is 5.32 Å². The third kappa shape index (κ3) is 8.68. The van der Waals surface area contributed by atoms with Crippen molar-refractivity contribution >= 4 is 11.9 Å². The number of carbonyl (C=O) groups is 2. The van der Waals surface area contributed by atoms with Crippen LogP contribution in [-0.4, -0.2) is 30.1 Å². The standard InChI is InChI=1S/C12H24N2O3/c1-9(15)10(7-5-6-8-13)14-11(16)17-12(2,3)4/h10H,5-8,13H2,1-4H3,(H,14,16)/p+1. The predicted octanol–water partition coefficient (Wildman–Crippen LogP) is 0.881. The number of amides is 1. The molecule has 0 spiro atoms. The Kier molecular flexibility index (Phi) is 6.80. The fourth-order valence-corrected chi connectivity index (χ4v) is 1.35. The zero-order valence-corrected chi connectivity index (χ0v) is 11.3. The maximum Gasteiger partial charge on any atom is 0.408 e. The van der Waals surface area contributed by atoms with Crippen LogP contribution in [0.15, 0.2) is 0 Å². The molecule has 0 aliphatic rings. The van der Waals surface area contributed by atoms with Crippen LogP contribution >= 0.6 is 0 Å². The highest BCUT2D eigenvalue weighted by molar-refractivity contribution is 5.85. The van der Waals surface area contributed by atoms with E-state index in [2.05, 4.69) is 11.1 Å². The Morgan fingerprint density at radius 2 is 1.88 bits per heavy atom. The molecule has 0 saturated carbocycles. The molecule has 1 amide bonds. The van der Waals surface area contributed by atoms with Gasteiger partial charge in [0.15, 0.2) is 5.78 Å². The lowest BCUT2D eigenvalue weighted by atomic mass is 10.1. The van der Waals surface area contributed by atoms with E-state index in [1.807, 2.05) is 0 Å². The minimum atomic E-state index is -0.543. The van der Waals surface area contributed by atoms with Crippen LogP contribution in [0.1, 0.15) is 47.0 Å². The highest BCUT2D eigenvalue weighted by Crippen LogP contribution is 2.08. The van der Waals surface area contributed by atoms with Crippen molar-refractivity contribution in [1.29, 1.82) is 0 Å². The summed E-state index contributed by atoms with van der Waals surface area (Å²) >= 11 is 0. The lowest BCUT2D eigenvalue weighted by Crippen LogP contribution is -2.50. The van der Waals surface area contributed by atoms with Crippen molar-refractivity contribution in [3.63, 3.8) is 0 Å². The van der Waals surface area contributed by atoms with E-state index in [0.29, 0.717) is 6.42 Å². The number of alkyl carbamates (subject to hydrolysis) is 1. The molecule has 1 atom stereocenters. The Morgan fingerprint density at radius 3 is 2.29 bits per heavy atom. The van der Waals surface area contributed by atoms with E-state index < -0.39 is 17.7 Å². The van der Waals surface area contributed by atoms with Gasteiger partial charge in [-0.05, 0) is 47.0 Å². The fourth-order valence-electron chi connectivity index (χ4n) is 1.35. The largest absolute Gasteiger partial charge is 0.444 e. The van der Waals surface area contributed by atoms with Gasteiger partial charge in [-0.2, -0.15) is 0 Å². The maximum atomic E-state index is 11.5. The van der Waals surface area contributed by atoms with Gasteiger partial charge in [-0.3, -0.25) is 4.79 Å². The summed E-state index contributed by atoms with van der Waals surface area (Å²) in [6.07, 6.45) is 1.94. The van der Waals surface area contributed by atoms with Crippen LogP contribution in [0, 0.1) is 0 Å². The zero-order valence-electron chi connectivity index (χ0n) is 11.3. The quantitative estimate of drug-likeness (QED) is 0.681. The second-order valence-corrected chi connectivity index (χ2v) is 5.16. The zero-order chi connectivity index (χ0) is 13.5. The van der Waals surface area contributed by atoms with Crippen LogP contribution in [-0.2, 0) is 9.53 Å². The van der Waals surface area contributed by atoms with Crippen molar-refractivity contribution in [2.75, 3.05) is 6.54 Å². The van der Waals surface area contributed by atoms with Gasteiger partial charge in [0, 0.05) is 0 Å². The number of unbranched alkanes of at least 4 members (excludes halogenated alkanes) is 1. The molecule has 0 aliphatic heterocycles. The number of quaternary nitrogens is 1. The lowest BCUT2D eigenvalue weighted by Gasteiger charge is -2.22. The molecule has 17 heavy (non-hydrogen) atoms. The maximum absolute atomic E-state index is 11.5. The number of rotatable bonds is 6. The molecule has 0 bridgehead atoms. The highest BCUT2D eigenvalue weighted by atomic mass is 16.6. The van der Waals surface area contributed by atoms with Gasteiger partial charge in [0.2, 0.25) is 0 Å². The molecule has 5 nitrogen and oxygen atoms in total. The molecule has 0 fully saturated rings. The van der Waals surface area contributed by atoms with E-state index in [4.69, 9.17) is 4.74 Å². The van der Waals surface area contributed by atoms with E-state index in [1.54, 1.807) is 20.8 Å². The first-order valence-electron chi connectivity index (χ1n) is 6.05. The monoisotopic (exact) mass is 245 g/mol. The summed E-state index contributed by atoms with van der Waals surface area (Å²) in [5.41, 5.74) is 3.20. The van der Waals surface area contributed by atoms with Gasteiger partial charge in [-0.1, -0.05) is 0 Å². The molecule has 0 rings (SSSR count). The average molecular weight is 245 g/mol. The van der Waals surface area contributed by atoms with Gasteiger partial charge in [-0.15, -0.1) is 0 Å². The topological polar surface area (TPSA) is 83.0 Å². The molecule has 0 aliphatic carbocycles. The number of Topliss-reactive ketones (excluding diaryl/α,β-unsaturated/α-hetero) is 1. The number of hydrogen-bond donors (Lipinski definition) is 2. The molecule has 0 aromatic heterocycles. The van der Waals surface area contributed by atoms with Gasteiger partial charge in [0.25, 0.3) is 0 Å². The smallest absolute Gasteiger partial charge is 0.408 e. The van der Waals surface area contributed by atoms with Crippen molar-refractivity contribution in [3.05, 3.63) is 0 Å². The summed E-state index contributed by atoms with van der Waals surface area (Å²) in [4.78, 5) is 22.9. The Morgan fingerprint density at radius 1 is 1.29 bits per heavy atom. The van der Waals surface area contributed by atoms with E-state index in [-0.39, 0.29) is 5.78 Å². The molecule has 0 saturated heterocycles. The number of ketones is 1. The Bertz CT molecular complexity index is 259. The van der Waals surface area contributed by atoms with E-state index in [1.165, 1.54) is 6.92 Å². The molecule has 0 aromatic carbocycles.